The third kappa shape index (κ3) is 10.1. The van der Waals surface area contributed by atoms with Crippen molar-refractivity contribution in [2.45, 2.75) is 127 Å². The van der Waals surface area contributed by atoms with Gasteiger partial charge in [0.2, 0.25) is 0 Å². The molecule has 0 radical (unpaired) electrons. The number of aliphatic imine (C=N–C) groups is 1. The van der Waals surface area contributed by atoms with Crippen LogP contribution in [0.15, 0.2) is 47.1 Å². The van der Waals surface area contributed by atoms with Crippen molar-refractivity contribution in [3.8, 4) is 0 Å². The van der Waals surface area contributed by atoms with Crippen molar-refractivity contribution in [2.75, 3.05) is 0 Å². The van der Waals surface area contributed by atoms with E-state index in [0.29, 0.717) is 37.5 Å². The summed E-state index contributed by atoms with van der Waals surface area (Å²) in [6, 6.07) is 3.90. The van der Waals surface area contributed by atoms with E-state index in [2.05, 4.69) is 29.1 Å². The van der Waals surface area contributed by atoms with Crippen LogP contribution in [-0.4, -0.2) is 50.4 Å². The van der Waals surface area contributed by atoms with E-state index in [9.17, 15) is 25.2 Å². The molecular formula is C36H54N2O5. The number of aliphatic carboxylic acids is 1. The quantitative estimate of drug-likeness (QED) is 0.0831. The Balaban J connectivity index is 1.22. The van der Waals surface area contributed by atoms with Gasteiger partial charge in [-0.05, 0) is 75.5 Å². The lowest BCUT2D eigenvalue weighted by Crippen LogP contribution is -2.37. The molecule has 4 rings (SSSR count). The Labute approximate surface area is 258 Å². The summed E-state index contributed by atoms with van der Waals surface area (Å²) in [6.07, 6.45) is 22.1. The fraction of sp³-hybridized carbons (Fsp3) is 0.694. The minimum atomic E-state index is -0.995. The van der Waals surface area contributed by atoms with E-state index in [-0.39, 0.29) is 24.4 Å². The van der Waals surface area contributed by atoms with Crippen molar-refractivity contribution in [2.24, 2.45) is 34.6 Å². The Morgan fingerprint density at radius 1 is 1.12 bits per heavy atom. The Morgan fingerprint density at radius 3 is 2.65 bits per heavy atom. The van der Waals surface area contributed by atoms with Gasteiger partial charge in [0.05, 0.1) is 29.8 Å². The lowest BCUT2D eigenvalue weighted by molar-refractivity contribution is -0.146. The summed E-state index contributed by atoms with van der Waals surface area (Å²) in [7, 11) is 0. The molecule has 238 valence electrons. The molecule has 0 bridgehead atoms. The molecule has 3 aliphatic rings. The van der Waals surface area contributed by atoms with Crippen molar-refractivity contribution < 1.29 is 25.2 Å². The van der Waals surface area contributed by atoms with Gasteiger partial charge in [-0.3, -0.25) is 4.79 Å². The molecule has 1 fully saturated rings. The average Bonchev–Trinajstić information content (AvgIpc) is 3.74. The first-order valence-corrected chi connectivity index (χ1v) is 16.9. The standard InChI is InChI=1S/C36H54N2O5/c1-2-3-5-9-26-13-14-29(34(40)22-26)10-6-4-7-12-32(35(41)42)33(39)15-17-36(43)24-28(20-27-16-19-37-25-27)21-30(36)23-31-11-8-18-38-31/h8,11,13-14,16,18-19,25-26,28-30,32-34,39-40,43H,2-7,9-10,12,15,17,20-24H2,1H3,(H,41,42)/t26-,28-,29-,30+,32+,33-,34-,36+/m1/s1. The third-order valence-corrected chi connectivity index (χ3v) is 10.3. The highest BCUT2D eigenvalue weighted by molar-refractivity contribution is 5.81. The first-order chi connectivity index (χ1) is 20.8. The van der Waals surface area contributed by atoms with E-state index >= 15 is 0 Å². The average molecular weight is 595 g/mol. The summed E-state index contributed by atoms with van der Waals surface area (Å²) < 4.78 is 0. The summed E-state index contributed by atoms with van der Waals surface area (Å²) in [5.74, 6) is -0.803. The second kappa shape index (κ2) is 16.6. The van der Waals surface area contributed by atoms with Gasteiger partial charge in [-0.1, -0.05) is 69.7 Å². The maximum atomic E-state index is 12.1. The summed E-state index contributed by atoms with van der Waals surface area (Å²) >= 11 is 0. The van der Waals surface area contributed by atoms with Crippen LogP contribution in [0, 0.1) is 36.1 Å². The van der Waals surface area contributed by atoms with Crippen molar-refractivity contribution in [3.05, 3.63) is 54.4 Å². The SMILES string of the molecule is CCCCC[C@@H]1C=C[C@@H](CCCCC[C@H](C(=O)O)[C@H](O)CC[C@]2(O)C[C@H](CC3=C[CH+]N=C3)C[C@H]2Cc2ccc[n-]2)[C@H](O)C1. The predicted octanol–water partition coefficient (Wildman–Crippen LogP) is 6.43. The molecule has 0 amide bonds. The molecule has 43 heavy (non-hydrogen) atoms. The van der Waals surface area contributed by atoms with E-state index in [1.807, 2.05) is 24.4 Å². The molecule has 7 heteroatoms. The molecule has 1 aromatic heterocycles. The van der Waals surface area contributed by atoms with Crippen LogP contribution < -0.4 is 4.98 Å². The van der Waals surface area contributed by atoms with Crippen molar-refractivity contribution in [1.29, 1.82) is 0 Å². The van der Waals surface area contributed by atoms with Gasteiger partial charge in [0.1, 0.15) is 12.1 Å². The van der Waals surface area contributed by atoms with Crippen LogP contribution in [0.3, 0.4) is 0 Å². The zero-order valence-corrected chi connectivity index (χ0v) is 26.1. The number of aromatic nitrogens is 1. The fourth-order valence-electron chi connectivity index (χ4n) is 7.74. The molecule has 1 aliphatic heterocycles. The van der Waals surface area contributed by atoms with E-state index in [1.165, 1.54) is 24.8 Å². The number of aliphatic hydroxyl groups excluding tert-OH is 2. The normalized spacial score (nSPS) is 29.9. The van der Waals surface area contributed by atoms with Crippen molar-refractivity contribution >= 4 is 12.2 Å². The zero-order chi connectivity index (χ0) is 30.7. The third-order valence-electron chi connectivity index (χ3n) is 10.3. The van der Waals surface area contributed by atoms with Crippen LogP contribution >= 0.6 is 0 Å². The molecule has 0 saturated heterocycles. The topological polar surface area (TPSA) is 124 Å². The highest BCUT2D eigenvalue weighted by atomic mass is 16.4. The van der Waals surface area contributed by atoms with Gasteiger partial charge >= 0.3 is 5.97 Å². The van der Waals surface area contributed by atoms with Crippen molar-refractivity contribution in [3.63, 3.8) is 0 Å². The number of hydrogen-bond donors (Lipinski definition) is 4. The highest BCUT2D eigenvalue weighted by Gasteiger charge is 2.46. The number of carboxylic acid groups (broad SMARTS) is 1. The van der Waals surface area contributed by atoms with Crippen LogP contribution in [0.1, 0.15) is 109 Å². The number of carboxylic acids is 1. The largest absolute Gasteiger partial charge is 0.668 e. The zero-order valence-electron chi connectivity index (χ0n) is 26.1. The van der Waals surface area contributed by atoms with Gasteiger partial charge in [0.15, 0.2) is 6.21 Å². The number of allylic oxidation sites excluding steroid dienone is 2. The number of aliphatic hydroxyl groups is 3. The van der Waals surface area contributed by atoms with Gasteiger partial charge in [-0.15, -0.1) is 4.99 Å². The maximum absolute atomic E-state index is 12.1. The van der Waals surface area contributed by atoms with Gasteiger partial charge < -0.3 is 25.4 Å². The second-order valence-electron chi connectivity index (χ2n) is 13.6. The number of rotatable bonds is 19. The lowest BCUT2D eigenvalue weighted by atomic mass is 9.80. The van der Waals surface area contributed by atoms with E-state index < -0.39 is 23.6 Å². The fourth-order valence-corrected chi connectivity index (χ4v) is 7.74. The molecule has 2 aliphatic carbocycles. The van der Waals surface area contributed by atoms with Gasteiger partial charge in [0.25, 0.3) is 0 Å². The lowest BCUT2D eigenvalue weighted by Gasteiger charge is -2.33. The smallest absolute Gasteiger partial charge is 0.309 e. The highest BCUT2D eigenvalue weighted by Crippen LogP contribution is 2.47. The van der Waals surface area contributed by atoms with Crippen LogP contribution in [0.2, 0.25) is 0 Å². The first-order valence-electron chi connectivity index (χ1n) is 16.9. The molecule has 0 aromatic carbocycles. The van der Waals surface area contributed by atoms with Crippen LogP contribution in [-0.2, 0) is 11.2 Å². The Hall–Kier alpha value is -2.35. The molecule has 7 nitrogen and oxygen atoms in total. The second-order valence-corrected chi connectivity index (χ2v) is 13.6. The monoisotopic (exact) mass is 594 g/mol. The molecule has 1 saturated carbocycles. The molecule has 2 heterocycles. The van der Waals surface area contributed by atoms with E-state index in [4.69, 9.17) is 0 Å². The summed E-state index contributed by atoms with van der Waals surface area (Å²) in [5.41, 5.74) is 1.17. The number of nitrogens with zero attached hydrogens (tertiary/aromatic N) is 2. The van der Waals surface area contributed by atoms with E-state index in [0.717, 1.165) is 57.1 Å². The molecule has 0 unspecified atom stereocenters. The summed E-state index contributed by atoms with van der Waals surface area (Å²) in [6.45, 7) is 4.01. The van der Waals surface area contributed by atoms with Crippen LogP contribution in [0.4, 0.5) is 0 Å². The van der Waals surface area contributed by atoms with Crippen molar-refractivity contribution in [1.82, 2.24) is 4.98 Å². The molecular weight excluding hydrogens is 540 g/mol. The summed E-state index contributed by atoms with van der Waals surface area (Å²) in [5, 5.41) is 43.4. The molecule has 8 atom stereocenters. The van der Waals surface area contributed by atoms with Gasteiger partial charge in [0, 0.05) is 12.3 Å². The van der Waals surface area contributed by atoms with Gasteiger partial charge in [-0.25, -0.2) is 0 Å². The minimum absolute atomic E-state index is 0.0154. The number of hydrogen-bond acceptors (Lipinski definition) is 5. The maximum Gasteiger partial charge on any atom is 0.309 e. The minimum Gasteiger partial charge on any atom is -0.668 e. The predicted molar refractivity (Wildman–Crippen MR) is 170 cm³/mol. The molecule has 1 aromatic rings. The van der Waals surface area contributed by atoms with Gasteiger partial charge in [-0.2, -0.15) is 11.9 Å². The number of unbranched alkanes of at least 4 members (excludes halogenated alkanes) is 4. The Morgan fingerprint density at radius 2 is 1.95 bits per heavy atom. The number of carbonyl (C=O) groups is 1. The van der Waals surface area contributed by atoms with Crippen LogP contribution in [0.25, 0.3) is 0 Å². The van der Waals surface area contributed by atoms with E-state index in [1.54, 1.807) is 12.7 Å². The summed E-state index contributed by atoms with van der Waals surface area (Å²) in [4.78, 5) is 20.7. The van der Waals surface area contributed by atoms with Crippen LogP contribution in [0.5, 0.6) is 0 Å². The Bertz CT molecular complexity index is 1070. The molecule has 0 spiro atoms. The first kappa shape index (κ1) is 33.5. The Kier molecular flexibility index (Phi) is 13.0. The molecule has 4 N–H and O–H groups in total.